The van der Waals surface area contributed by atoms with E-state index < -0.39 is 0 Å². The van der Waals surface area contributed by atoms with E-state index >= 15 is 0 Å². The van der Waals surface area contributed by atoms with Gasteiger partial charge < -0.3 is 15.2 Å². The predicted octanol–water partition coefficient (Wildman–Crippen LogP) is 1.96. The molecule has 3 heterocycles. The van der Waals surface area contributed by atoms with Gasteiger partial charge in [-0.1, -0.05) is 24.2 Å². The monoisotopic (exact) mass is 390 g/mol. The van der Waals surface area contributed by atoms with Crippen molar-refractivity contribution < 1.29 is 4.79 Å². The van der Waals surface area contributed by atoms with Crippen LogP contribution in [0.1, 0.15) is 37.1 Å². The summed E-state index contributed by atoms with van der Waals surface area (Å²) in [7, 11) is 0. The van der Waals surface area contributed by atoms with Crippen LogP contribution in [0.2, 0.25) is 0 Å². The van der Waals surface area contributed by atoms with E-state index in [1.54, 1.807) is 6.33 Å². The molecule has 0 spiro atoms. The third-order valence-electron chi connectivity index (χ3n) is 5.28. The van der Waals surface area contributed by atoms with Crippen molar-refractivity contribution >= 4 is 27.6 Å². The second kappa shape index (κ2) is 8.22. The number of aromatic nitrogens is 4. The summed E-state index contributed by atoms with van der Waals surface area (Å²) in [6.45, 7) is 6.64. The summed E-state index contributed by atoms with van der Waals surface area (Å²) in [4.78, 5) is 24.2. The highest BCUT2D eigenvalue weighted by atomic mass is 32.1. The molecule has 0 aromatic carbocycles. The van der Waals surface area contributed by atoms with Gasteiger partial charge in [0, 0.05) is 38.8 Å². The molecule has 1 aliphatic carbocycles. The molecule has 0 atom stereocenters. The molecular weight excluding hydrogens is 364 g/mol. The third-order valence-corrected chi connectivity index (χ3v) is 6.18. The summed E-state index contributed by atoms with van der Waals surface area (Å²) in [5, 5.41) is 15.6. The summed E-state index contributed by atoms with van der Waals surface area (Å²) < 4.78 is 0. The predicted molar refractivity (Wildman–Crippen MR) is 105 cm³/mol. The summed E-state index contributed by atoms with van der Waals surface area (Å²) in [6, 6.07) is 0.119. The van der Waals surface area contributed by atoms with Gasteiger partial charge in [-0.05, 0) is 19.8 Å². The van der Waals surface area contributed by atoms with E-state index in [2.05, 4.69) is 40.6 Å². The number of H-pyrrole nitrogens is 1. The average Bonchev–Trinajstić information content (AvgIpc) is 3.40. The highest BCUT2D eigenvalue weighted by Crippen LogP contribution is 2.25. The number of nitrogens with one attached hydrogen (secondary N) is 3. The number of amides is 2. The first kappa shape index (κ1) is 18.2. The Bertz CT molecular complexity index is 761. The van der Waals surface area contributed by atoms with Crippen LogP contribution in [0.5, 0.6) is 0 Å². The maximum atomic E-state index is 12.1. The minimum atomic E-state index is -0.177. The first-order valence-corrected chi connectivity index (χ1v) is 10.4. The van der Waals surface area contributed by atoms with Gasteiger partial charge in [0.2, 0.25) is 10.3 Å². The molecule has 2 aromatic heterocycles. The standard InChI is InChI=1S/C17H26N8OS/c1-12-14(19-11-18-12)10-24-6-8-25(9-7-24)17-23-22-16(27-17)21-15(26)20-13-4-2-3-5-13/h11,13H,2-10H2,1H3,(H,18,19)(H2,20,21,22,26). The van der Waals surface area contributed by atoms with Gasteiger partial charge in [0.15, 0.2) is 0 Å². The number of carbonyl (C=O) groups excluding carboxylic acids is 1. The van der Waals surface area contributed by atoms with Crippen LogP contribution in [0.25, 0.3) is 0 Å². The van der Waals surface area contributed by atoms with Crippen LogP contribution in [0, 0.1) is 6.92 Å². The SMILES string of the molecule is Cc1nc[nH]c1CN1CCN(c2nnc(NC(=O)NC3CCCC3)s2)CC1. The molecule has 2 amide bonds. The number of rotatable bonds is 5. The van der Waals surface area contributed by atoms with E-state index in [0.717, 1.165) is 56.4 Å². The smallest absolute Gasteiger partial charge is 0.321 e. The number of imidazole rings is 1. The van der Waals surface area contributed by atoms with E-state index in [1.807, 2.05) is 6.92 Å². The topological polar surface area (TPSA) is 102 Å². The second-order valence-corrected chi connectivity index (χ2v) is 8.16. The van der Waals surface area contributed by atoms with Crippen molar-refractivity contribution in [2.24, 2.45) is 0 Å². The number of anilines is 2. The lowest BCUT2D eigenvalue weighted by Crippen LogP contribution is -2.46. The zero-order valence-corrected chi connectivity index (χ0v) is 16.4. The molecule has 1 saturated heterocycles. The Hall–Kier alpha value is -2.20. The zero-order valence-electron chi connectivity index (χ0n) is 15.6. The van der Waals surface area contributed by atoms with Gasteiger partial charge in [-0.3, -0.25) is 10.2 Å². The van der Waals surface area contributed by atoms with Gasteiger partial charge in [0.05, 0.1) is 17.7 Å². The number of hydrogen-bond acceptors (Lipinski definition) is 7. The summed E-state index contributed by atoms with van der Waals surface area (Å²) in [5.74, 6) is 0. The molecule has 3 N–H and O–H groups in total. The Morgan fingerprint density at radius 3 is 2.74 bits per heavy atom. The van der Waals surface area contributed by atoms with Crippen LogP contribution in [0.4, 0.5) is 15.1 Å². The Labute approximate surface area is 162 Å². The Balaban J connectivity index is 1.25. The van der Waals surface area contributed by atoms with Crippen molar-refractivity contribution in [3.05, 3.63) is 17.7 Å². The normalized spacial score (nSPS) is 18.8. The first-order valence-electron chi connectivity index (χ1n) is 9.54. The molecule has 2 aliphatic rings. The number of urea groups is 1. The zero-order chi connectivity index (χ0) is 18.6. The van der Waals surface area contributed by atoms with Crippen LogP contribution < -0.4 is 15.5 Å². The van der Waals surface area contributed by atoms with Gasteiger partial charge in [0.25, 0.3) is 0 Å². The molecular formula is C17H26N8OS. The van der Waals surface area contributed by atoms with E-state index in [0.29, 0.717) is 11.2 Å². The molecule has 10 heteroatoms. The Morgan fingerprint density at radius 2 is 2.04 bits per heavy atom. The highest BCUT2D eigenvalue weighted by molar-refractivity contribution is 7.19. The van der Waals surface area contributed by atoms with Crippen molar-refractivity contribution in [3.8, 4) is 0 Å². The number of nitrogens with zero attached hydrogens (tertiary/aromatic N) is 5. The molecule has 2 aromatic rings. The van der Waals surface area contributed by atoms with Crippen LogP contribution in [-0.4, -0.2) is 63.3 Å². The number of piperazine rings is 1. The van der Waals surface area contributed by atoms with Crippen molar-refractivity contribution in [1.29, 1.82) is 0 Å². The van der Waals surface area contributed by atoms with Crippen molar-refractivity contribution in [2.45, 2.75) is 45.2 Å². The molecule has 146 valence electrons. The van der Waals surface area contributed by atoms with E-state index in [-0.39, 0.29) is 6.03 Å². The molecule has 0 bridgehead atoms. The maximum Gasteiger partial charge on any atom is 0.321 e. The van der Waals surface area contributed by atoms with E-state index in [1.165, 1.54) is 29.9 Å². The summed E-state index contributed by atoms with van der Waals surface area (Å²) in [6.07, 6.45) is 6.27. The van der Waals surface area contributed by atoms with Crippen LogP contribution in [-0.2, 0) is 6.54 Å². The molecule has 4 rings (SSSR count). The number of aryl methyl sites for hydroxylation is 1. The van der Waals surface area contributed by atoms with Crippen molar-refractivity contribution in [3.63, 3.8) is 0 Å². The van der Waals surface area contributed by atoms with Gasteiger partial charge in [-0.25, -0.2) is 9.78 Å². The fourth-order valence-electron chi connectivity index (χ4n) is 3.65. The van der Waals surface area contributed by atoms with E-state index in [4.69, 9.17) is 0 Å². The lowest BCUT2D eigenvalue weighted by Gasteiger charge is -2.34. The molecule has 0 radical (unpaired) electrons. The van der Waals surface area contributed by atoms with Gasteiger partial charge in [0.1, 0.15) is 0 Å². The summed E-state index contributed by atoms with van der Waals surface area (Å²) >= 11 is 1.43. The third kappa shape index (κ3) is 4.56. The molecule has 27 heavy (non-hydrogen) atoms. The second-order valence-electron chi connectivity index (χ2n) is 7.20. The maximum absolute atomic E-state index is 12.1. The van der Waals surface area contributed by atoms with Crippen molar-refractivity contribution in [2.75, 3.05) is 36.4 Å². The fourth-order valence-corrected chi connectivity index (χ4v) is 4.44. The molecule has 9 nitrogen and oxygen atoms in total. The van der Waals surface area contributed by atoms with Crippen LogP contribution >= 0.6 is 11.3 Å². The number of carbonyl (C=O) groups is 1. The lowest BCUT2D eigenvalue weighted by atomic mass is 10.2. The lowest BCUT2D eigenvalue weighted by molar-refractivity contribution is 0.247. The molecule has 0 unspecified atom stereocenters. The van der Waals surface area contributed by atoms with Gasteiger partial charge in [-0.2, -0.15) is 0 Å². The van der Waals surface area contributed by atoms with Crippen molar-refractivity contribution in [1.82, 2.24) is 30.4 Å². The number of hydrogen-bond donors (Lipinski definition) is 3. The molecule has 1 aliphatic heterocycles. The van der Waals surface area contributed by atoms with Gasteiger partial charge in [-0.15, -0.1) is 10.2 Å². The molecule has 1 saturated carbocycles. The summed E-state index contributed by atoms with van der Waals surface area (Å²) in [5.41, 5.74) is 2.24. The van der Waals surface area contributed by atoms with Gasteiger partial charge >= 0.3 is 6.03 Å². The fraction of sp³-hybridized carbons (Fsp3) is 0.647. The van der Waals surface area contributed by atoms with E-state index in [9.17, 15) is 4.79 Å². The highest BCUT2D eigenvalue weighted by Gasteiger charge is 2.22. The quantitative estimate of drug-likeness (QED) is 0.721. The first-order chi connectivity index (χ1) is 13.2. The number of aromatic amines is 1. The Morgan fingerprint density at radius 1 is 1.26 bits per heavy atom. The van der Waals surface area contributed by atoms with Crippen LogP contribution in [0.15, 0.2) is 6.33 Å². The van der Waals surface area contributed by atoms with Crippen LogP contribution in [0.3, 0.4) is 0 Å². The average molecular weight is 391 g/mol. The Kier molecular flexibility index (Phi) is 5.53. The minimum absolute atomic E-state index is 0.177. The minimum Gasteiger partial charge on any atom is -0.347 e. The molecule has 2 fully saturated rings. The largest absolute Gasteiger partial charge is 0.347 e.